The summed E-state index contributed by atoms with van der Waals surface area (Å²) in [4.78, 5) is 13.7. The molecule has 1 heterocycles. The summed E-state index contributed by atoms with van der Waals surface area (Å²) >= 11 is 5.73. The van der Waals surface area contributed by atoms with E-state index in [0.29, 0.717) is 24.9 Å². The van der Waals surface area contributed by atoms with Crippen molar-refractivity contribution in [2.24, 2.45) is 11.8 Å². The predicted octanol–water partition coefficient (Wildman–Crippen LogP) is 1.84. The maximum absolute atomic E-state index is 12.7. The Kier molecular flexibility index (Phi) is 3.64. The molecule has 2 fully saturated rings. The van der Waals surface area contributed by atoms with E-state index in [1.165, 1.54) is 12.3 Å². The largest absolute Gasteiger partial charge is 0.326 e. The second-order valence-corrected chi connectivity index (χ2v) is 8.07. The molecule has 0 aliphatic heterocycles. The highest BCUT2D eigenvalue weighted by Gasteiger charge is 2.35. The molecule has 2 saturated carbocycles. The second-order valence-electron chi connectivity index (χ2n) is 5.72. The molecule has 0 spiro atoms. The Morgan fingerprint density at radius 3 is 2.20 bits per heavy atom. The molecule has 3 rings (SSSR count). The zero-order valence-corrected chi connectivity index (χ0v) is 12.6. The van der Waals surface area contributed by atoms with Gasteiger partial charge in [-0.1, -0.05) is 11.6 Å². The molecule has 0 bridgehead atoms. The summed E-state index contributed by atoms with van der Waals surface area (Å²) in [6.45, 7) is 1.16. The van der Waals surface area contributed by atoms with Crippen LogP contribution in [0.4, 0.5) is 0 Å². The van der Waals surface area contributed by atoms with Gasteiger partial charge in [0, 0.05) is 19.3 Å². The highest BCUT2D eigenvalue weighted by Crippen LogP contribution is 2.35. The number of aromatic nitrogens is 1. The van der Waals surface area contributed by atoms with E-state index >= 15 is 0 Å². The van der Waals surface area contributed by atoms with E-state index in [0.717, 1.165) is 25.7 Å². The lowest BCUT2D eigenvalue weighted by Gasteiger charge is -2.22. The minimum absolute atomic E-state index is 0.0726. The summed E-state index contributed by atoms with van der Waals surface area (Å²) in [6.07, 6.45) is 5.63. The standard InChI is InChI=1S/C13H17ClN2O3S/c14-12-5-11(6-15-13(12)17)20(18,19)16(7-9-1-2-9)8-10-3-4-10/h5-6,9-10H,1-4,7-8H2,(H,15,17). The zero-order valence-electron chi connectivity index (χ0n) is 11.0. The van der Waals surface area contributed by atoms with Gasteiger partial charge in [-0.3, -0.25) is 4.79 Å². The van der Waals surface area contributed by atoms with Crippen LogP contribution in [0.15, 0.2) is 22.0 Å². The lowest BCUT2D eigenvalue weighted by molar-refractivity contribution is 0.382. The quantitative estimate of drug-likeness (QED) is 0.870. The van der Waals surface area contributed by atoms with Crippen molar-refractivity contribution in [3.05, 3.63) is 27.6 Å². The fourth-order valence-electron chi connectivity index (χ4n) is 2.18. The topological polar surface area (TPSA) is 70.2 Å². The smallest absolute Gasteiger partial charge is 0.266 e. The summed E-state index contributed by atoms with van der Waals surface area (Å²) in [5.41, 5.74) is -0.471. The summed E-state index contributed by atoms with van der Waals surface area (Å²) < 4.78 is 26.9. The maximum atomic E-state index is 12.7. The summed E-state index contributed by atoms with van der Waals surface area (Å²) in [5, 5.41) is -0.0936. The molecule has 7 heteroatoms. The summed E-state index contributed by atoms with van der Waals surface area (Å²) in [6, 6.07) is 1.24. The predicted molar refractivity (Wildman–Crippen MR) is 76.3 cm³/mol. The third-order valence-electron chi connectivity index (χ3n) is 3.79. The highest BCUT2D eigenvalue weighted by atomic mass is 35.5. The van der Waals surface area contributed by atoms with Crippen molar-refractivity contribution >= 4 is 21.6 Å². The Bertz CT molecular complexity index is 648. The van der Waals surface area contributed by atoms with Gasteiger partial charge in [0.15, 0.2) is 0 Å². The molecule has 0 aromatic carbocycles. The molecule has 2 aliphatic carbocycles. The lowest BCUT2D eigenvalue weighted by Crippen LogP contribution is -2.35. The van der Waals surface area contributed by atoms with E-state index in [9.17, 15) is 13.2 Å². The number of nitrogens with zero attached hydrogens (tertiary/aromatic N) is 1. The van der Waals surface area contributed by atoms with Crippen LogP contribution in [0.3, 0.4) is 0 Å². The van der Waals surface area contributed by atoms with Crippen LogP contribution in [0.5, 0.6) is 0 Å². The number of hydrogen-bond donors (Lipinski definition) is 1. The molecule has 0 unspecified atom stereocenters. The number of halogens is 1. The Balaban J connectivity index is 1.88. The van der Waals surface area contributed by atoms with Crippen LogP contribution >= 0.6 is 11.6 Å². The molecule has 1 aromatic heterocycles. The van der Waals surface area contributed by atoms with Crippen molar-refractivity contribution in [2.75, 3.05) is 13.1 Å². The van der Waals surface area contributed by atoms with E-state index in [1.807, 2.05) is 0 Å². The first kappa shape index (κ1) is 14.1. The van der Waals surface area contributed by atoms with Crippen LogP contribution in [0, 0.1) is 11.8 Å². The number of sulfonamides is 1. The summed E-state index contributed by atoms with van der Waals surface area (Å²) in [5.74, 6) is 0.975. The van der Waals surface area contributed by atoms with Crippen molar-refractivity contribution in [2.45, 2.75) is 30.6 Å². The van der Waals surface area contributed by atoms with Crippen molar-refractivity contribution < 1.29 is 8.42 Å². The van der Waals surface area contributed by atoms with Gasteiger partial charge in [0.25, 0.3) is 5.56 Å². The van der Waals surface area contributed by atoms with Crippen LogP contribution in [-0.4, -0.2) is 30.8 Å². The molecule has 1 N–H and O–H groups in total. The van der Waals surface area contributed by atoms with E-state index in [2.05, 4.69) is 4.98 Å². The number of rotatable bonds is 6. The summed E-state index contributed by atoms with van der Waals surface area (Å²) in [7, 11) is -3.57. The van der Waals surface area contributed by atoms with Gasteiger partial charge in [0.2, 0.25) is 10.0 Å². The molecule has 110 valence electrons. The van der Waals surface area contributed by atoms with Gasteiger partial charge in [-0.15, -0.1) is 0 Å². The first-order valence-corrected chi connectivity index (χ1v) is 8.67. The lowest BCUT2D eigenvalue weighted by atomic mass is 10.4. The molecule has 20 heavy (non-hydrogen) atoms. The first-order chi connectivity index (χ1) is 9.46. The minimum Gasteiger partial charge on any atom is -0.326 e. The zero-order chi connectivity index (χ0) is 14.3. The first-order valence-electron chi connectivity index (χ1n) is 6.85. The molecule has 0 radical (unpaired) electrons. The highest BCUT2D eigenvalue weighted by molar-refractivity contribution is 7.89. The van der Waals surface area contributed by atoms with E-state index < -0.39 is 15.6 Å². The van der Waals surface area contributed by atoms with Crippen LogP contribution in [0.2, 0.25) is 5.02 Å². The Hall–Kier alpha value is -0.850. The third kappa shape index (κ3) is 3.07. The third-order valence-corrected chi connectivity index (χ3v) is 5.88. The minimum atomic E-state index is -3.57. The SMILES string of the molecule is O=c1[nH]cc(S(=O)(=O)N(CC2CC2)CC2CC2)cc1Cl. The number of hydrogen-bond acceptors (Lipinski definition) is 3. The van der Waals surface area contributed by atoms with Crippen LogP contribution in [-0.2, 0) is 10.0 Å². The van der Waals surface area contributed by atoms with Crippen molar-refractivity contribution in [3.63, 3.8) is 0 Å². The second kappa shape index (κ2) is 5.16. The van der Waals surface area contributed by atoms with E-state index in [4.69, 9.17) is 11.6 Å². The average molecular weight is 317 g/mol. The van der Waals surface area contributed by atoms with E-state index in [-0.39, 0.29) is 9.92 Å². The molecule has 0 atom stereocenters. The molecular weight excluding hydrogens is 300 g/mol. The Labute approximate surface area is 123 Å². The van der Waals surface area contributed by atoms with Gasteiger partial charge in [-0.25, -0.2) is 8.42 Å². The Morgan fingerprint density at radius 1 is 1.20 bits per heavy atom. The van der Waals surface area contributed by atoms with Crippen molar-refractivity contribution in [1.29, 1.82) is 0 Å². The maximum Gasteiger partial charge on any atom is 0.266 e. The van der Waals surface area contributed by atoms with E-state index in [1.54, 1.807) is 4.31 Å². The van der Waals surface area contributed by atoms with Crippen LogP contribution in [0.25, 0.3) is 0 Å². The fourth-order valence-corrected chi connectivity index (χ4v) is 4.01. The van der Waals surface area contributed by atoms with Crippen LogP contribution in [0.1, 0.15) is 25.7 Å². The van der Waals surface area contributed by atoms with Crippen LogP contribution < -0.4 is 5.56 Å². The van der Waals surface area contributed by atoms with Gasteiger partial charge in [-0.05, 0) is 43.6 Å². The molecule has 5 nitrogen and oxygen atoms in total. The number of H-pyrrole nitrogens is 1. The molecular formula is C13H17ClN2O3S. The number of nitrogens with one attached hydrogen (secondary N) is 1. The van der Waals surface area contributed by atoms with Gasteiger partial charge in [-0.2, -0.15) is 4.31 Å². The van der Waals surface area contributed by atoms with Gasteiger partial charge in [0.05, 0.1) is 4.90 Å². The van der Waals surface area contributed by atoms with Gasteiger partial charge in [0.1, 0.15) is 5.02 Å². The van der Waals surface area contributed by atoms with Gasteiger partial charge < -0.3 is 4.98 Å². The normalized spacial score (nSPS) is 19.5. The molecule has 0 amide bonds. The monoisotopic (exact) mass is 316 g/mol. The Morgan fingerprint density at radius 2 is 1.75 bits per heavy atom. The average Bonchev–Trinajstić information content (AvgIpc) is 3.26. The number of aromatic amines is 1. The van der Waals surface area contributed by atoms with Crippen molar-refractivity contribution in [3.8, 4) is 0 Å². The number of pyridine rings is 1. The molecule has 1 aromatic rings. The molecule has 2 aliphatic rings. The van der Waals surface area contributed by atoms with Crippen molar-refractivity contribution in [1.82, 2.24) is 9.29 Å². The molecule has 0 saturated heterocycles. The van der Waals surface area contributed by atoms with Gasteiger partial charge >= 0.3 is 0 Å². The fraction of sp³-hybridized carbons (Fsp3) is 0.615.